The Labute approximate surface area is 103 Å². The molecule has 94 valence electrons. The molecule has 0 bridgehead atoms. The number of halogens is 2. The van der Waals surface area contributed by atoms with Gasteiger partial charge in [-0.15, -0.1) is 0 Å². The first-order valence-electron chi connectivity index (χ1n) is 5.02. The van der Waals surface area contributed by atoms with E-state index >= 15 is 0 Å². The van der Waals surface area contributed by atoms with Crippen LogP contribution in [0.15, 0.2) is 53.4 Å². The minimum absolute atomic E-state index is 0.307. The molecule has 6 heteroatoms. The molecule has 2 rings (SSSR count). The Hall–Kier alpha value is -1.95. The van der Waals surface area contributed by atoms with Crippen molar-refractivity contribution in [2.24, 2.45) is 0 Å². The third-order valence-electron chi connectivity index (χ3n) is 2.21. The number of hydrogen-bond donors (Lipinski definition) is 1. The summed E-state index contributed by atoms with van der Waals surface area (Å²) in [6.07, 6.45) is 0. The maximum absolute atomic E-state index is 13.4. The van der Waals surface area contributed by atoms with Gasteiger partial charge in [-0.3, -0.25) is 4.72 Å². The van der Waals surface area contributed by atoms with E-state index < -0.39 is 26.6 Å². The highest BCUT2D eigenvalue weighted by Gasteiger charge is 2.19. The van der Waals surface area contributed by atoms with Gasteiger partial charge in [-0.05, 0) is 24.3 Å². The van der Waals surface area contributed by atoms with Crippen molar-refractivity contribution in [2.75, 3.05) is 4.72 Å². The fourth-order valence-corrected chi connectivity index (χ4v) is 2.53. The lowest BCUT2D eigenvalue weighted by molar-refractivity contribution is 0.551. The van der Waals surface area contributed by atoms with Gasteiger partial charge in [0.25, 0.3) is 10.0 Å². The summed E-state index contributed by atoms with van der Waals surface area (Å²) in [4.78, 5) is -0.590. The zero-order valence-electron chi connectivity index (χ0n) is 9.10. The third kappa shape index (κ3) is 2.65. The number of nitrogens with one attached hydrogen (secondary N) is 1. The predicted octanol–water partition coefficient (Wildman–Crippen LogP) is 2.77. The van der Waals surface area contributed by atoms with Crippen molar-refractivity contribution in [1.82, 2.24) is 0 Å². The predicted molar refractivity (Wildman–Crippen MR) is 63.6 cm³/mol. The molecule has 0 unspecified atom stereocenters. The largest absolute Gasteiger partial charge is 0.280 e. The van der Waals surface area contributed by atoms with E-state index in [1.807, 2.05) is 0 Å². The van der Waals surface area contributed by atoms with Gasteiger partial charge in [-0.1, -0.05) is 18.2 Å². The van der Waals surface area contributed by atoms with Crippen molar-refractivity contribution in [2.45, 2.75) is 4.90 Å². The summed E-state index contributed by atoms with van der Waals surface area (Å²) in [5.74, 6) is -1.95. The van der Waals surface area contributed by atoms with E-state index in [0.717, 1.165) is 12.1 Å². The van der Waals surface area contributed by atoms with E-state index in [4.69, 9.17) is 0 Å². The highest BCUT2D eigenvalue weighted by molar-refractivity contribution is 7.92. The highest BCUT2D eigenvalue weighted by atomic mass is 32.2. The molecule has 1 N–H and O–H groups in total. The number of sulfonamides is 1. The molecule has 0 aromatic heterocycles. The smallest absolute Gasteiger partial charge is 0.264 e. The molecule has 0 aliphatic heterocycles. The van der Waals surface area contributed by atoms with Gasteiger partial charge in [0.05, 0.1) is 0 Å². The molecule has 0 aliphatic rings. The maximum atomic E-state index is 13.4. The molecule has 0 radical (unpaired) electrons. The van der Waals surface area contributed by atoms with Gasteiger partial charge in [0.15, 0.2) is 0 Å². The van der Waals surface area contributed by atoms with Crippen molar-refractivity contribution in [3.05, 3.63) is 60.2 Å². The average molecular weight is 269 g/mol. The first-order valence-corrected chi connectivity index (χ1v) is 6.50. The Morgan fingerprint density at radius 2 is 1.61 bits per heavy atom. The summed E-state index contributed by atoms with van der Waals surface area (Å²) in [5.41, 5.74) is 0.307. The fourth-order valence-electron chi connectivity index (χ4n) is 1.41. The van der Waals surface area contributed by atoms with Crippen LogP contribution in [0.2, 0.25) is 0 Å². The van der Waals surface area contributed by atoms with Crippen molar-refractivity contribution in [3.8, 4) is 0 Å². The van der Waals surface area contributed by atoms with Crippen LogP contribution in [0.4, 0.5) is 14.5 Å². The fraction of sp³-hybridized carbons (Fsp3) is 0. The van der Waals surface area contributed by atoms with Gasteiger partial charge in [-0.25, -0.2) is 17.2 Å². The van der Waals surface area contributed by atoms with E-state index in [1.165, 1.54) is 12.1 Å². The monoisotopic (exact) mass is 269 g/mol. The van der Waals surface area contributed by atoms with Crippen LogP contribution in [0.25, 0.3) is 0 Å². The van der Waals surface area contributed by atoms with E-state index in [0.29, 0.717) is 11.8 Å². The number of para-hydroxylation sites is 1. The van der Waals surface area contributed by atoms with Crippen LogP contribution in [-0.4, -0.2) is 8.42 Å². The number of hydrogen-bond acceptors (Lipinski definition) is 2. The van der Waals surface area contributed by atoms with Gasteiger partial charge in [0.1, 0.15) is 16.5 Å². The molecular formula is C12H9F2NO2S. The Kier molecular flexibility index (Phi) is 3.29. The molecule has 18 heavy (non-hydrogen) atoms. The van der Waals surface area contributed by atoms with Gasteiger partial charge in [0, 0.05) is 11.8 Å². The van der Waals surface area contributed by atoms with Crippen molar-refractivity contribution in [1.29, 1.82) is 0 Å². The van der Waals surface area contributed by atoms with Crippen molar-refractivity contribution in [3.63, 3.8) is 0 Å². The van der Waals surface area contributed by atoms with Crippen LogP contribution in [0, 0.1) is 11.6 Å². The molecule has 0 saturated carbocycles. The summed E-state index contributed by atoms with van der Waals surface area (Å²) in [6, 6.07) is 10.4. The first kappa shape index (κ1) is 12.5. The van der Waals surface area contributed by atoms with Crippen LogP contribution in [-0.2, 0) is 10.0 Å². The minimum atomic E-state index is -4.05. The van der Waals surface area contributed by atoms with Crippen molar-refractivity contribution >= 4 is 15.7 Å². The molecule has 2 aromatic rings. The zero-order valence-corrected chi connectivity index (χ0v) is 9.92. The normalized spacial score (nSPS) is 11.2. The second-order valence-corrected chi connectivity index (χ2v) is 5.20. The molecule has 0 aliphatic carbocycles. The van der Waals surface area contributed by atoms with Crippen LogP contribution in [0.1, 0.15) is 0 Å². The standard InChI is InChI=1S/C12H9F2NO2S/c13-9-6-7-12(11(14)8-9)18(16,17)15-10-4-2-1-3-5-10/h1-8,15H. The maximum Gasteiger partial charge on any atom is 0.264 e. The van der Waals surface area contributed by atoms with Gasteiger partial charge in [0.2, 0.25) is 0 Å². The third-order valence-corrected chi connectivity index (χ3v) is 3.62. The Morgan fingerprint density at radius 3 is 2.22 bits per heavy atom. The Balaban J connectivity index is 2.37. The minimum Gasteiger partial charge on any atom is -0.280 e. The van der Waals surface area contributed by atoms with Gasteiger partial charge >= 0.3 is 0 Å². The number of benzene rings is 2. The second-order valence-electron chi connectivity index (χ2n) is 3.55. The summed E-state index contributed by atoms with van der Waals surface area (Å²) in [6.45, 7) is 0. The summed E-state index contributed by atoms with van der Waals surface area (Å²) < 4.78 is 52.0. The van der Waals surface area contributed by atoms with E-state index in [2.05, 4.69) is 4.72 Å². The van der Waals surface area contributed by atoms with Gasteiger partial charge in [-0.2, -0.15) is 0 Å². The summed E-state index contributed by atoms with van der Waals surface area (Å²) in [5, 5.41) is 0. The number of anilines is 1. The summed E-state index contributed by atoms with van der Waals surface area (Å²) in [7, 11) is -4.05. The molecule has 0 spiro atoms. The molecule has 0 amide bonds. The van der Waals surface area contributed by atoms with Crippen LogP contribution in [0.5, 0.6) is 0 Å². The van der Waals surface area contributed by atoms with E-state index in [1.54, 1.807) is 18.2 Å². The lowest BCUT2D eigenvalue weighted by Crippen LogP contribution is -2.14. The Morgan fingerprint density at radius 1 is 0.944 bits per heavy atom. The van der Waals surface area contributed by atoms with E-state index in [9.17, 15) is 17.2 Å². The topological polar surface area (TPSA) is 46.2 Å². The molecule has 0 heterocycles. The molecule has 0 atom stereocenters. The van der Waals surface area contributed by atoms with Gasteiger partial charge < -0.3 is 0 Å². The Bertz CT molecular complexity index is 657. The first-order chi connectivity index (χ1) is 8.49. The summed E-state index contributed by atoms with van der Waals surface area (Å²) >= 11 is 0. The highest BCUT2D eigenvalue weighted by Crippen LogP contribution is 2.19. The molecule has 0 fully saturated rings. The molecule has 2 aromatic carbocycles. The van der Waals surface area contributed by atoms with Crippen LogP contribution < -0.4 is 4.72 Å². The quantitative estimate of drug-likeness (QED) is 0.931. The lowest BCUT2D eigenvalue weighted by Gasteiger charge is -2.08. The van der Waals surface area contributed by atoms with Crippen LogP contribution >= 0.6 is 0 Å². The second kappa shape index (κ2) is 4.73. The van der Waals surface area contributed by atoms with E-state index in [-0.39, 0.29) is 0 Å². The zero-order chi connectivity index (χ0) is 13.2. The SMILES string of the molecule is O=S(=O)(Nc1ccccc1)c1ccc(F)cc1F. The molecular weight excluding hydrogens is 260 g/mol. The molecule has 3 nitrogen and oxygen atoms in total. The average Bonchev–Trinajstić information content (AvgIpc) is 2.29. The van der Waals surface area contributed by atoms with Crippen LogP contribution in [0.3, 0.4) is 0 Å². The molecule has 0 saturated heterocycles. The van der Waals surface area contributed by atoms with Crippen molar-refractivity contribution < 1.29 is 17.2 Å². The number of rotatable bonds is 3. The lowest BCUT2D eigenvalue weighted by atomic mass is 10.3.